The quantitative estimate of drug-likeness (QED) is 0.868. The molecule has 0 spiro atoms. The average Bonchev–Trinajstić information content (AvgIpc) is 3.16. The van der Waals surface area contributed by atoms with Crippen LogP contribution in [0.25, 0.3) is 0 Å². The normalized spacial score (nSPS) is 15.2. The van der Waals surface area contributed by atoms with E-state index in [1.54, 1.807) is 0 Å². The van der Waals surface area contributed by atoms with Crippen LogP contribution >= 0.6 is 0 Å². The van der Waals surface area contributed by atoms with E-state index < -0.39 is 27.6 Å². The molecule has 1 saturated carbocycles. The molecule has 0 aliphatic heterocycles. The van der Waals surface area contributed by atoms with Crippen LogP contribution in [0.4, 0.5) is 14.5 Å². The first-order chi connectivity index (χ1) is 9.77. The van der Waals surface area contributed by atoms with Crippen molar-refractivity contribution in [2.75, 3.05) is 18.1 Å². The molecular formula is C13H16F2N2O3S. The highest BCUT2D eigenvalue weighted by molar-refractivity contribution is 7.88. The van der Waals surface area contributed by atoms with Crippen LogP contribution in [0.15, 0.2) is 18.2 Å². The zero-order chi connectivity index (χ0) is 15.6. The highest BCUT2D eigenvalue weighted by Gasteiger charge is 2.34. The number of hydrogen-bond acceptors (Lipinski definition) is 3. The lowest BCUT2D eigenvalue weighted by atomic mass is 10.3. The van der Waals surface area contributed by atoms with Gasteiger partial charge in [-0.3, -0.25) is 4.79 Å². The number of hydrogen-bond donors (Lipinski definition) is 1. The van der Waals surface area contributed by atoms with Crippen molar-refractivity contribution in [2.45, 2.75) is 25.3 Å². The largest absolute Gasteiger partial charge is 0.324 e. The molecule has 1 fully saturated rings. The minimum Gasteiger partial charge on any atom is -0.324 e. The van der Waals surface area contributed by atoms with Gasteiger partial charge in [-0.15, -0.1) is 0 Å². The van der Waals surface area contributed by atoms with Gasteiger partial charge in [0.15, 0.2) is 0 Å². The number of carbonyl (C=O) groups excluding carboxylic acids is 1. The number of anilines is 1. The molecule has 0 aromatic heterocycles. The van der Waals surface area contributed by atoms with E-state index in [9.17, 15) is 22.0 Å². The maximum atomic E-state index is 13.4. The third-order valence-electron chi connectivity index (χ3n) is 3.14. The van der Waals surface area contributed by atoms with Crippen molar-refractivity contribution in [3.63, 3.8) is 0 Å². The Morgan fingerprint density at radius 2 is 2.05 bits per heavy atom. The SMILES string of the molecule is CS(=O)(=O)N(CCC(=O)Nc1ccc(F)cc1F)C1CC1. The summed E-state index contributed by atoms with van der Waals surface area (Å²) in [7, 11) is -3.35. The molecule has 0 radical (unpaired) electrons. The topological polar surface area (TPSA) is 66.5 Å². The molecule has 0 bridgehead atoms. The Labute approximate surface area is 122 Å². The number of benzene rings is 1. The molecule has 0 saturated heterocycles. The van der Waals surface area contributed by atoms with Crippen molar-refractivity contribution in [1.82, 2.24) is 4.31 Å². The smallest absolute Gasteiger partial charge is 0.225 e. The first kappa shape index (κ1) is 15.8. The summed E-state index contributed by atoms with van der Waals surface area (Å²) in [6.07, 6.45) is 2.60. The van der Waals surface area contributed by atoms with E-state index >= 15 is 0 Å². The Bertz CT molecular complexity index is 645. The fraction of sp³-hybridized carbons (Fsp3) is 0.462. The minimum atomic E-state index is -3.35. The third-order valence-corrected chi connectivity index (χ3v) is 4.48. The fourth-order valence-corrected chi connectivity index (χ4v) is 3.17. The van der Waals surface area contributed by atoms with E-state index in [-0.39, 0.29) is 24.7 Å². The molecule has 8 heteroatoms. The second-order valence-electron chi connectivity index (χ2n) is 5.03. The highest BCUT2D eigenvalue weighted by Crippen LogP contribution is 2.28. The van der Waals surface area contributed by atoms with Crippen LogP contribution in [0.5, 0.6) is 0 Å². The Balaban J connectivity index is 1.92. The van der Waals surface area contributed by atoms with E-state index in [2.05, 4.69) is 5.32 Å². The van der Waals surface area contributed by atoms with Crippen molar-refractivity contribution >= 4 is 21.6 Å². The number of nitrogens with one attached hydrogen (secondary N) is 1. The second-order valence-corrected chi connectivity index (χ2v) is 6.96. The summed E-state index contributed by atoms with van der Waals surface area (Å²) in [5.74, 6) is -2.12. The average molecular weight is 318 g/mol. The summed E-state index contributed by atoms with van der Waals surface area (Å²) in [5, 5.41) is 2.30. The fourth-order valence-electron chi connectivity index (χ4n) is 2.00. The lowest BCUT2D eigenvalue weighted by Gasteiger charge is -2.18. The first-order valence-corrected chi connectivity index (χ1v) is 8.34. The second kappa shape index (κ2) is 6.07. The maximum absolute atomic E-state index is 13.4. The molecule has 5 nitrogen and oxygen atoms in total. The molecule has 0 unspecified atom stereocenters. The van der Waals surface area contributed by atoms with Crippen molar-refractivity contribution in [1.29, 1.82) is 0 Å². The van der Waals surface area contributed by atoms with Crippen LogP contribution in [0, 0.1) is 11.6 Å². The number of amides is 1. The standard InChI is InChI=1S/C13H16F2N2O3S/c1-21(19,20)17(10-3-4-10)7-6-13(18)16-12-5-2-9(14)8-11(12)15/h2,5,8,10H,3-4,6-7H2,1H3,(H,16,18). The van der Waals surface area contributed by atoms with Crippen LogP contribution in [-0.4, -0.2) is 37.5 Å². The van der Waals surface area contributed by atoms with Gasteiger partial charge in [0, 0.05) is 25.1 Å². The predicted octanol–water partition coefficient (Wildman–Crippen LogP) is 1.72. The molecule has 1 aromatic rings. The molecule has 0 heterocycles. The van der Waals surface area contributed by atoms with Crippen molar-refractivity contribution < 1.29 is 22.0 Å². The summed E-state index contributed by atoms with van der Waals surface area (Å²) in [5.41, 5.74) is -0.126. The summed E-state index contributed by atoms with van der Waals surface area (Å²) >= 11 is 0. The molecule has 1 aliphatic carbocycles. The Kier molecular flexibility index (Phi) is 4.58. The van der Waals surface area contributed by atoms with Crippen LogP contribution in [0.2, 0.25) is 0 Å². The summed E-state index contributed by atoms with van der Waals surface area (Å²) in [6.45, 7) is 0.0537. The molecule has 116 valence electrons. The maximum Gasteiger partial charge on any atom is 0.225 e. The van der Waals surface area contributed by atoms with Gasteiger partial charge < -0.3 is 5.32 Å². The van der Waals surface area contributed by atoms with Gasteiger partial charge in [-0.25, -0.2) is 17.2 Å². The van der Waals surface area contributed by atoms with E-state index in [0.717, 1.165) is 31.2 Å². The molecule has 1 aromatic carbocycles. The predicted molar refractivity (Wildman–Crippen MR) is 74.2 cm³/mol. The first-order valence-electron chi connectivity index (χ1n) is 6.49. The molecule has 1 N–H and O–H groups in total. The van der Waals surface area contributed by atoms with Gasteiger partial charge in [0.25, 0.3) is 0 Å². The number of halogens is 2. The van der Waals surface area contributed by atoms with Crippen molar-refractivity contribution in [3.05, 3.63) is 29.8 Å². The number of sulfonamides is 1. The monoisotopic (exact) mass is 318 g/mol. The number of rotatable bonds is 6. The number of carbonyl (C=O) groups is 1. The molecule has 21 heavy (non-hydrogen) atoms. The van der Waals surface area contributed by atoms with E-state index in [1.165, 1.54) is 4.31 Å². The van der Waals surface area contributed by atoms with Crippen LogP contribution in [0.3, 0.4) is 0 Å². The van der Waals surface area contributed by atoms with Crippen molar-refractivity contribution in [2.24, 2.45) is 0 Å². The van der Waals surface area contributed by atoms with Crippen molar-refractivity contribution in [3.8, 4) is 0 Å². The Morgan fingerprint density at radius 3 is 2.57 bits per heavy atom. The van der Waals surface area contributed by atoms with Crippen LogP contribution in [0.1, 0.15) is 19.3 Å². The minimum absolute atomic E-state index is 0.0321. The molecule has 1 aliphatic rings. The highest BCUT2D eigenvalue weighted by atomic mass is 32.2. The Morgan fingerprint density at radius 1 is 1.38 bits per heavy atom. The van der Waals surface area contributed by atoms with Gasteiger partial charge in [-0.2, -0.15) is 4.31 Å². The third kappa shape index (κ3) is 4.47. The molecule has 1 amide bonds. The van der Waals surface area contributed by atoms with Gasteiger partial charge in [-0.05, 0) is 25.0 Å². The lowest BCUT2D eigenvalue weighted by Crippen LogP contribution is -2.34. The van der Waals surface area contributed by atoms with E-state index in [4.69, 9.17) is 0 Å². The van der Waals surface area contributed by atoms with Gasteiger partial charge in [-0.1, -0.05) is 0 Å². The zero-order valence-electron chi connectivity index (χ0n) is 11.5. The van der Waals surface area contributed by atoms with Gasteiger partial charge >= 0.3 is 0 Å². The van der Waals surface area contributed by atoms with Gasteiger partial charge in [0.1, 0.15) is 11.6 Å². The summed E-state index contributed by atoms with van der Waals surface area (Å²) in [6, 6.07) is 2.79. The molecular weight excluding hydrogens is 302 g/mol. The van der Waals surface area contributed by atoms with Gasteiger partial charge in [0.2, 0.25) is 15.9 Å². The number of nitrogens with zero attached hydrogens (tertiary/aromatic N) is 1. The molecule has 2 rings (SSSR count). The van der Waals surface area contributed by atoms with E-state index in [0.29, 0.717) is 6.07 Å². The summed E-state index contributed by atoms with van der Waals surface area (Å²) in [4.78, 5) is 11.7. The molecule has 0 atom stereocenters. The zero-order valence-corrected chi connectivity index (χ0v) is 12.3. The van der Waals surface area contributed by atoms with Gasteiger partial charge in [0.05, 0.1) is 11.9 Å². The van der Waals surface area contributed by atoms with E-state index in [1.807, 2.05) is 0 Å². The lowest BCUT2D eigenvalue weighted by molar-refractivity contribution is -0.116. The summed E-state index contributed by atoms with van der Waals surface area (Å²) < 4.78 is 50.5. The Hall–Kier alpha value is -1.54. The van der Waals surface area contributed by atoms with Crippen LogP contribution in [-0.2, 0) is 14.8 Å². The van der Waals surface area contributed by atoms with Crippen LogP contribution < -0.4 is 5.32 Å².